The van der Waals surface area contributed by atoms with Gasteiger partial charge in [-0.25, -0.2) is 4.79 Å². The lowest BCUT2D eigenvalue weighted by Crippen LogP contribution is -2.35. The number of hydrogen-bond acceptors (Lipinski definition) is 4. The van der Waals surface area contributed by atoms with Crippen molar-refractivity contribution in [3.63, 3.8) is 0 Å². The summed E-state index contributed by atoms with van der Waals surface area (Å²) < 4.78 is 4.93. The molecule has 0 aliphatic heterocycles. The van der Waals surface area contributed by atoms with E-state index >= 15 is 0 Å². The van der Waals surface area contributed by atoms with Gasteiger partial charge in [0, 0.05) is 12.3 Å². The molecule has 122 valence electrons. The molecule has 0 saturated heterocycles. The molecule has 3 atom stereocenters. The van der Waals surface area contributed by atoms with E-state index in [0.717, 1.165) is 32.1 Å². The Morgan fingerprint density at radius 1 is 1.41 bits per heavy atom. The molecule has 0 spiro atoms. The maximum Gasteiger partial charge on any atom is 0.326 e. The molecule has 0 aromatic heterocycles. The first-order valence-corrected chi connectivity index (χ1v) is 7.67. The molecule has 2 N–H and O–H groups in total. The molecule has 0 aromatic rings. The molecule has 1 rings (SSSR count). The topological polar surface area (TPSA) is 92.7 Å². The van der Waals surface area contributed by atoms with Gasteiger partial charge in [-0.3, -0.25) is 9.59 Å². The van der Waals surface area contributed by atoms with E-state index in [1.54, 1.807) is 6.92 Å². The molecular formula is C16H23NO5. The molecule has 3 unspecified atom stereocenters. The highest BCUT2D eigenvalue weighted by molar-refractivity contribution is 5.76. The summed E-state index contributed by atoms with van der Waals surface area (Å²) in [6.45, 7) is 2.20. The summed E-state index contributed by atoms with van der Waals surface area (Å²) >= 11 is 0. The number of carbonyl (C=O) groups excluding carboxylic acids is 2. The lowest BCUT2D eigenvalue weighted by molar-refractivity contribution is -0.145. The van der Waals surface area contributed by atoms with Crippen molar-refractivity contribution in [3.05, 3.63) is 0 Å². The number of ether oxygens (including phenoxy) is 1. The zero-order chi connectivity index (χ0) is 16.4. The first-order chi connectivity index (χ1) is 10.6. The highest BCUT2D eigenvalue weighted by Crippen LogP contribution is 2.38. The van der Waals surface area contributed by atoms with Crippen LogP contribution in [0.4, 0.5) is 0 Å². The average molecular weight is 309 g/mol. The summed E-state index contributed by atoms with van der Waals surface area (Å²) in [4.78, 5) is 32.4. The molecule has 1 aliphatic rings. The van der Waals surface area contributed by atoms with Crippen LogP contribution < -0.4 is 5.32 Å². The van der Waals surface area contributed by atoms with Crippen molar-refractivity contribution in [1.29, 1.82) is 0 Å². The molecule has 0 aromatic carbocycles. The molecule has 1 amide bonds. The van der Waals surface area contributed by atoms with E-state index in [9.17, 15) is 14.4 Å². The molecule has 1 fully saturated rings. The van der Waals surface area contributed by atoms with E-state index in [-0.39, 0.29) is 17.8 Å². The van der Waals surface area contributed by atoms with Crippen molar-refractivity contribution in [2.75, 3.05) is 6.61 Å². The third-order valence-electron chi connectivity index (χ3n) is 3.53. The van der Waals surface area contributed by atoms with Crippen molar-refractivity contribution in [1.82, 2.24) is 5.32 Å². The molecular weight excluding hydrogens is 286 g/mol. The molecule has 1 saturated carbocycles. The third-order valence-corrected chi connectivity index (χ3v) is 3.53. The van der Waals surface area contributed by atoms with Crippen molar-refractivity contribution < 1.29 is 24.2 Å². The highest BCUT2D eigenvalue weighted by Gasteiger charge is 2.43. The first-order valence-electron chi connectivity index (χ1n) is 7.67. The van der Waals surface area contributed by atoms with Crippen LogP contribution in [0.2, 0.25) is 0 Å². The summed E-state index contributed by atoms with van der Waals surface area (Å²) in [6.07, 6.45) is 4.86. The fourth-order valence-electron chi connectivity index (χ4n) is 2.17. The van der Waals surface area contributed by atoms with Gasteiger partial charge in [-0.15, -0.1) is 5.92 Å². The maximum atomic E-state index is 11.4. The predicted octanol–water partition coefficient (Wildman–Crippen LogP) is 1.34. The third kappa shape index (κ3) is 6.61. The van der Waals surface area contributed by atoms with Gasteiger partial charge in [0.05, 0.1) is 12.5 Å². The number of unbranched alkanes of at least 4 members (excludes halogenated alkanes) is 3. The average Bonchev–Trinajstić information content (AvgIpc) is 3.24. The van der Waals surface area contributed by atoms with Crippen molar-refractivity contribution in [2.45, 2.75) is 51.5 Å². The molecule has 0 radical (unpaired) electrons. The number of carbonyl (C=O) groups is 3. The van der Waals surface area contributed by atoms with Gasteiger partial charge >= 0.3 is 11.9 Å². The summed E-state index contributed by atoms with van der Waals surface area (Å²) in [6, 6.07) is -0.805. The highest BCUT2D eigenvalue weighted by atomic mass is 16.5. The fourth-order valence-corrected chi connectivity index (χ4v) is 2.17. The van der Waals surface area contributed by atoms with E-state index in [4.69, 9.17) is 9.84 Å². The van der Waals surface area contributed by atoms with Crippen molar-refractivity contribution in [3.8, 4) is 11.8 Å². The predicted molar refractivity (Wildman–Crippen MR) is 79.7 cm³/mol. The zero-order valence-corrected chi connectivity index (χ0v) is 12.8. The van der Waals surface area contributed by atoms with Crippen LogP contribution in [0.25, 0.3) is 0 Å². The van der Waals surface area contributed by atoms with E-state index in [0.29, 0.717) is 19.4 Å². The number of rotatable bonds is 10. The molecule has 6 heteroatoms. The van der Waals surface area contributed by atoms with Gasteiger partial charge in [0.1, 0.15) is 6.04 Å². The number of esters is 1. The minimum Gasteiger partial charge on any atom is -0.480 e. The Kier molecular flexibility index (Phi) is 8.05. The smallest absolute Gasteiger partial charge is 0.326 e. The number of nitrogens with one attached hydrogen (secondary N) is 1. The molecule has 22 heavy (non-hydrogen) atoms. The number of amides is 1. The second-order valence-electron chi connectivity index (χ2n) is 5.30. The van der Waals surface area contributed by atoms with Crippen LogP contribution in [0.5, 0.6) is 0 Å². The molecule has 0 bridgehead atoms. The summed E-state index contributed by atoms with van der Waals surface area (Å²) in [5, 5.41) is 11.1. The van der Waals surface area contributed by atoms with Crippen molar-refractivity contribution in [2.24, 2.45) is 11.8 Å². The largest absolute Gasteiger partial charge is 0.480 e. The Morgan fingerprint density at radius 3 is 2.82 bits per heavy atom. The lowest BCUT2D eigenvalue weighted by atomic mass is 10.1. The Bertz CT molecular complexity index is 451. The van der Waals surface area contributed by atoms with Crippen LogP contribution in [0.15, 0.2) is 0 Å². The van der Waals surface area contributed by atoms with E-state index < -0.39 is 12.0 Å². The summed E-state index contributed by atoms with van der Waals surface area (Å²) in [5.41, 5.74) is 0. The Labute approximate surface area is 130 Å². The van der Waals surface area contributed by atoms with Gasteiger partial charge < -0.3 is 15.2 Å². The minimum atomic E-state index is -1.01. The fraction of sp³-hybridized carbons (Fsp3) is 0.688. The van der Waals surface area contributed by atoms with Gasteiger partial charge in [-0.1, -0.05) is 18.8 Å². The molecule has 0 heterocycles. The number of hydrogen-bond donors (Lipinski definition) is 2. The van der Waals surface area contributed by atoms with E-state index in [2.05, 4.69) is 17.2 Å². The van der Waals surface area contributed by atoms with E-state index in [1.807, 2.05) is 0 Å². The van der Waals surface area contributed by atoms with Crippen LogP contribution in [0.1, 0.15) is 45.4 Å². The maximum absolute atomic E-state index is 11.4. The zero-order valence-electron chi connectivity index (χ0n) is 12.8. The Hall–Kier alpha value is -2.03. The number of carboxylic acid groups (broad SMARTS) is 1. The second kappa shape index (κ2) is 9.82. The van der Waals surface area contributed by atoms with Crippen LogP contribution >= 0.6 is 0 Å². The van der Waals surface area contributed by atoms with Gasteiger partial charge in [0.25, 0.3) is 0 Å². The van der Waals surface area contributed by atoms with Gasteiger partial charge in [-0.2, -0.15) is 0 Å². The summed E-state index contributed by atoms with van der Waals surface area (Å²) in [7, 11) is 0. The normalized spacial score (nSPS) is 20.2. The van der Waals surface area contributed by atoms with Crippen molar-refractivity contribution >= 4 is 18.3 Å². The summed E-state index contributed by atoms with van der Waals surface area (Å²) in [5.74, 6) is 5.09. The first kappa shape index (κ1) is 18.0. The van der Waals surface area contributed by atoms with Crippen LogP contribution in [-0.2, 0) is 19.1 Å². The quantitative estimate of drug-likeness (QED) is 0.275. The SMILES string of the molecule is CCOC(=O)C1CC1C#CCCCCCC(NC=O)C(=O)O. The molecule has 1 aliphatic carbocycles. The van der Waals surface area contributed by atoms with Crippen LogP contribution in [0.3, 0.4) is 0 Å². The minimum absolute atomic E-state index is 0.0433. The lowest BCUT2D eigenvalue weighted by Gasteiger charge is -2.09. The van der Waals surface area contributed by atoms with Crippen LogP contribution in [0, 0.1) is 23.7 Å². The van der Waals surface area contributed by atoms with Gasteiger partial charge in [-0.05, 0) is 26.2 Å². The standard InChI is InChI=1S/C16H23NO5/c1-2-22-16(21)13-10-12(13)8-6-4-3-5-7-9-14(15(19)20)17-11-18/h11-14H,2-5,7,9-10H2,1H3,(H,17,18)(H,19,20). The van der Waals surface area contributed by atoms with Gasteiger partial charge in [0.2, 0.25) is 6.41 Å². The monoisotopic (exact) mass is 309 g/mol. The van der Waals surface area contributed by atoms with E-state index in [1.165, 1.54) is 0 Å². The van der Waals surface area contributed by atoms with Gasteiger partial charge in [0.15, 0.2) is 0 Å². The number of carboxylic acids is 1. The second-order valence-corrected chi connectivity index (χ2v) is 5.30. The number of aliphatic carboxylic acids is 1. The Balaban J connectivity index is 2.07. The molecule has 6 nitrogen and oxygen atoms in total. The van der Waals surface area contributed by atoms with Crippen LogP contribution in [-0.4, -0.2) is 36.1 Å². The Morgan fingerprint density at radius 2 is 2.18 bits per heavy atom.